The zero-order valence-electron chi connectivity index (χ0n) is 11.4. The zero-order valence-corrected chi connectivity index (χ0v) is 93.6. The fraction of sp³-hybridized carbons (Fsp3) is 0. The van der Waals surface area contributed by atoms with Crippen LogP contribution < -0.4 is 0 Å². The second-order valence-corrected chi connectivity index (χ2v) is 0. The van der Waals surface area contributed by atoms with Crippen molar-refractivity contribution in [2.75, 3.05) is 0 Å². The minimum absolute atomic E-state index is 0. The van der Waals surface area contributed by atoms with Gasteiger partial charge in [-0.3, -0.25) is 0 Å². The van der Waals surface area contributed by atoms with E-state index in [9.17, 15) is 0 Å². The third kappa shape index (κ3) is 239. The van der Waals surface area contributed by atoms with E-state index in [2.05, 4.69) is 0 Å². The Kier molecular flexibility index (Phi) is 2490. The van der Waals surface area contributed by atoms with Crippen molar-refractivity contribution in [1.82, 2.24) is 0 Å². The summed E-state index contributed by atoms with van der Waals surface area (Å²) >= 11 is 0. The van der Waals surface area contributed by atoms with Crippen LogP contribution in [0, 0.1) is 0 Å². The molecule has 0 saturated carbocycles. The van der Waals surface area contributed by atoms with Gasteiger partial charge in [-0.05, 0) is 0 Å². The van der Waals surface area contributed by atoms with E-state index in [4.69, 9.17) is 0 Å². The molecular weight excluding hydrogens is 5150 g/mol. The van der Waals surface area contributed by atoms with Crippen LogP contribution in [0.3, 0.4) is 0 Å². The van der Waals surface area contributed by atoms with Crippen molar-refractivity contribution in [2.45, 2.75) is 0 Å². The topological polar surface area (TPSA) is 0 Å². The first-order valence-electron chi connectivity index (χ1n) is 0. The number of hydrogen-bond acceptors (Lipinski definition) is 0. The van der Waals surface area contributed by atoms with Crippen LogP contribution in [0.5, 0.6) is 0 Å². The van der Waals surface area contributed by atoms with Gasteiger partial charge in [0.25, 0.3) is 0 Å². The molecule has 0 aliphatic heterocycles. The molecule has 0 aliphatic rings. The summed E-state index contributed by atoms with van der Waals surface area (Å²) in [6, 6.07) is 0. The maximum Gasteiger partial charge on any atom is 0 e. The first-order valence-corrected chi connectivity index (χ1v) is 0. The largest absolute Gasteiger partial charge is 0 e. The van der Waals surface area contributed by atoms with Crippen LogP contribution in [0.15, 0.2) is 0 Å². The van der Waals surface area contributed by atoms with Gasteiger partial charge in [0.1, 0.15) is 0 Å². The van der Waals surface area contributed by atoms with Crippen LogP contribution in [0.2, 0.25) is 0 Å². The predicted molar refractivity (Wildman–Crippen MR) is 0 cm³/mol. The van der Waals surface area contributed by atoms with Crippen LogP contribution in [0.25, 0.3) is 0 Å². The van der Waals surface area contributed by atoms with E-state index in [1.54, 1.807) is 0 Å². The molecule has 0 aromatic carbocycles. The molecule has 0 saturated heterocycles. The molecule has 168 valence electrons. The van der Waals surface area contributed by atoms with Crippen LogP contribution in [0.1, 0.15) is 0 Å². The SMILES string of the molecule is [W].[W].[W].[W].[W].[W].[W].[W].[W].[W].[W].[W].[W].[W].[W].[W].[W].[W].[W].[W].[W].[W].[W].[W].[W].[W].[W].[W]. The monoisotopic (exact) mass is 5150 g/mol. The predicted octanol–water partition coefficient (Wildman–Crippen LogP) is -0.0700. The van der Waals surface area contributed by atoms with Crippen molar-refractivity contribution < 1.29 is 590 Å². The van der Waals surface area contributed by atoms with Gasteiger partial charge < -0.3 is 0 Å². The normalized spacial score (nSPS) is 0. The Morgan fingerprint density at radius 1 is 0.0357 bits per heavy atom. The Bertz CT molecular complexity index is 0. The average Bonchev–Trinajstić information content (AvgIpc) is 0. The van der Waals surface area contributed by atoms with Crippen molar-refractivity contribution in [3.05, 3.63) is 0 Å². The summed E-state index contributed by atoms with van der Waals surface area (Å²) in [5.41, 5.74) is 0. The molecule has 0 fully saturated rings. The third-order valence-electron chi connectivity index (χ3n) is 0. The first-order chi connectivity index (χ1) is 0. The summed E-state index contributed by atoms with van der Waals surface area (Å²) < 4.78 is 0. The van der Waals surface area contributed by atoms with Crippen LogP contribution in [-0.2, 0) is 590 Å². The molecule has 0 amide bonds. The quantitative estimate of drug-likeness (QED) is 0.320. The summed E-state index contributed by atoms with van der Waals surface area (Å²) in [6.45, 7) is 0. The molecule has 28 heavy (non-hydrogen) atoms. The van der Waals surface area contributed by atoms with Gasteiger partial charge in [0.2, 0.25) is 0 Å². The summed E-state index contributed by atoms with van der Waals surface area (Å²) in [7, 11) is 0. The van der Waals surface area contributed by atoms with E-state index >= 15 is 0 Å². The Balaban J connectivity index is 0. The standard InChI is InChI=1S/28W. The maximum absolute atomic E-state index is 0. The van der Waals surface area contributed by atoms with Gasteiger partial charge in [-0.2, -0.15) is 0 Å². The molecule has 0 radical (unpaired) electrons. The van der Waals surface area contributed by atoms with Crippen molar-refractivity contribution in [2.24, 2.45) is 0 Å². The van der Waals surface area contributed by atoms with Gasteiger partial charge in [0.05, 0.1) is 0 Å². The third-order valence-corrected chi connectivity index (χ3v) is 0. The Labute approximate surface area is 572 Å². The van der Waals surface area contributed by atoms with E-state index in [1.165, 1.54) is 0 Å². The Morgan fingerprint density at radius 2 is 0.0357 bits per heavy atom. The van der Waals surface area contributed by atoms with Gasteiger partial charge >= 0.3 is 0 Å². The molecule has 0 heterocycles. The van der Waals surface area contributed by atoms with Crippen molar-refractivity contribution in [3.8, 4) is 0 Å². The maximum atomic E-state index is 0. The fourth-order valence-electron chi connectivity index (χ4n) is 0. The summed E-state index contributed by atoms with van der Waals surface area (Å²) in [6.07, 6.45) is 0. The van der Waals surface area contributed by atoms with Gasteiger partial charge in [0, 0.05) is 590 Å². The molecule has 0 nitrogen and oxygen atoms in total. The second kappa shape index (κ2) is 255. The molecule has 0 aromatic rings. The molecule has 0 aromatic heterocycles. The van der Waals surface area contributed by atoms with Gasteiger partial charge in [0.15, 0.2) is 0 Å². The number of hydrogen-bond donors (Lipinski definition) is 0. The minimum Gasteiger partial charge on any atom is 0 e. The number of rotatable bonds is 0. The molecule has 0 spiro atoms. The fourth-order valence-corrected chi connectivity index (χ4v) is 0. The average molecular weight is 5150 g/mol. The Morgan fingerprint density at radius 3 is 0.0357 bits per heavy atom. The molecule has 0 rings (SSSR count). The minimum atomic E-state index is 0. The van der Waals surface area contributed by atoms with Crippen LogP contribution in [-0.4, -0.2) is 0 Å². The smallest absolute Gasteiger partial charge is 0 e. The van der Waals surface area contributed by atoms with E-state index in [0.717, 1.165) is 0 Å². The van der Waals surface area contributed by atoms with E-state index in [0.29, 0.717) is 0 Å². The van der Waals surface area contributed by atoms with Crippen molar-refractivity contribution >= 4 is 0 Å². The molecule has 0 bridgehead atoms. The molecule has 0 aliphatic carbocycles. The summed E-state index contributed by atoms with van der Waals surface area (Å²) in [5, 5.41) is 0. The van der Waals surface area contributed by atoms with Crippen molar-refractivity contribution in [3.63, 3.8) is 0 Å². The molecule has 0 atom stereocenters. The second-order valence-electron chi connectivity index (χ2n) is 0. The van der Waals surface area contributed by atoms with E-state index < -0.39 is 0 Å². The molecule has 0 unspecified atom stereocenters. The van der Waals surface area contributed by atoms with Crippen LogP contribution in [0.4, 0.5) is 0 Å². The molecular formula is W28. The molecule has 0 N–H and O–H groups in total. The summed E-state index contributed by atoms with van der Waals surface area (Å²) in [4.78, 5) is 0. The first kappa shape index (κ1) is 273. The summed E-state index contributed by atoms with van der Waals surface area (Å²) in [5.74, 6) is 0. The van der Waals surface area contributed by atoms with E-state index in [-0.39, 0.29) is 590 Å². The van der Waals surface area contributed by atoms with Crippen molar-refractivity contribution in [1.29, 1.82) is 0 Å². The van der Waals surface area contributed by atoms with Gasteiger partial charge in [-0.1, -0.05) is 0 Å². The Hall–Kier alpha value is 19.3. The van der Waals surface area contributed by atoms with E-state index in [1.807, 2.05) is 0 Å². The van der Waals surface area contributed by atoms with Gasteiger partial charge in [-0.25, -0.2) is 0 Å². The van der Waals surface area contributed by atoms with Gasteiger partial charge in [-0.15, -0.1) is 0 Å². The zero-order chi connectivity index (χ0) is 0. The van der Waals surface area contributed by atoms with Crippen LogP contribution >= 0.6 is 0 Å². The molecule has 28 heteroatoms.